The third-order valence-corrected chi connectivity index (χ3v) is 7.03. The third-order valence-electron chi connectivity index (χ3n) is 6.10. The van der Waals surface area contributed by atoms with Crippen LogP contribution in [0.5, 0.6) is 0 Å². The Bertz CT molecular complexity index is 983. The highest BCUT2D eigenvalue weighted by atomic mass is 32.2. The molecular weight excluding hydrogens is 420 g/mol. The first kappa shape index (κ1) is 21.8. The summed E-state index contributed by atoms with van der Waals surface area (Å²) in [4.78, 5) is 43.7. The number of carbonyl (C=O) groups is 3. The lowest BCUT2D eigenvalue weighted by Crippen LogP contribution is -2.52. The van der Waals surface area contributed by atoms with Gasteiger partial charge in [-0.05, 0) is 24.5 Å². The number of fused-ring (bicyclic) bond motifs is 1. The predicted octanol–water partition coefficient (Wildman–Crippen LogP) is -0.349. The molecule has 2 fully saturated rings. The smallest absolute Gasteiger partial charge is 0.255 e. The van der Waals surface area contributed by atoms with E-state index < -0.39 is 15.9 Å². The Balaban J connectivity index is 1.31. The summed E-state index contributed by atoms with van der Waals surface area (Å²) in [5.41, 5.74) is 1.26. The topological polar surface area (TPSA) is 107 Å². The van der Waals surface area contributed by atoms with Gasteiger partial charge in [0.1, 0.15) is 15.9 Å². The van der Waals surface area contributed by atoms with E-state index in [2.05, 4.69) is 5.32 Å². The summed E-state index contributed by atoms with van der Waals surface area (Å²) in [5, 5.41) is 2.74. The van der Waals surface area contributed by atoms with Gasteiger partial charge in [-0.15, -0.1) is 0 Å². The predicted molar refractivity (Wildman–Crippen MR) is 114 cm³/mol. The van der Waals surface area contributed by atoms with Crippen molar-refractivity contribution in [1.29, 1.82) is 0 Å². The van der Waals surface area contributed by atoms with Crippen molar-refractivity contribution in [2.75, 3.05) is 51.3 Å². The molecule has 1 atom stereocenters. The van der Waals surface area contributed by atoms with Gasteiger partial charge in [-0.1, -0.05) is 18.2 Å². The van der Waals surface area contributed by atoms with Crippen molar-refractivity contribution in [1.82, 2.24) is 20.0 Å². The number of nitrogens with one attached hydrogen (secondary N) is 1. The molecule has 1 saturated heterocycles. The molecule has 31 heavy (non-hydrogen) atoms. The minimum Gasteiger partial charge on any atom is -0.345 e. The van der Waals surface area contributed by atoms with Crippen LogP contribution in [-0.2, 0) is 19.4 Å². The Kier molecular flexibility index (Phi) is 6.02. The van der Waals surface area contributed by atoms with E-state index >= 15 is 0 Å². The quantitative estimate of drug-likeness (QED) is 0.611. The zero-order chi connectivity index (χ0) is 22.2. The van der Waals surface area contributed by atoms with Crippen molar-refractivity contribution in [2.45, 2.75) is 24.9 Å². The van der Waals surface area contributed by atoms with E-state index in [1.807, 2.05) is 11.0 Å². The van der Waals surface area contributed by atoms with Gasteiger partial charge in [0.2, 0.25) is 11.8 Å². The second-order valence-electron chi connectivity index (χ2n) is 8.50. The molecule has 10 heteroatoms. The molecule has 4 rings (SSSR count). The minimum absolute atomic E-state index is 0.0892. The van der Waals surface area contributed by atoms with Crippen LogP contribution in [-0.4, -0.2) is 98.2 Å². The number of hydrogen-bond donors (Lipinski definition) is 1. The third kappa shape index (κ3) is 4.90. The number of hydrogen-bond acceptors (Lipinski definition) is 6. The van der Waals surface area contributed by atoms with Crippen LogP contribution in [0, 0.1) is 0 Å². The van der Waals surface area contributed by atoms with Crippen LogP contribution >= 0.6 is 0 Å². The monoisotopic (exact) mass is 448 g/mol. The molecule has 1 aromatic carbocycles. The maximum atomic E-state index is 13.0. The van der Waals surface area contributed by atoms with E-state index in [0.717, 1.165) is 12.8 Å². The van der Waals surface area contributed by atoms with E-state index in [9.17, 15) is 22.8 Å². The van der Waals surface area contributed by atoms with Crippen molar-refractivity contribution < 1.29 is 22.8 Å². The summed E-state index contributed by atoms with van der Waals surface area (Å²) < 4.78 is 22.6. The molecule has 0 radical (unpaired) electrons. The minimum atomic E-state index is -3.01. The Morgan fingerprint density at radius 3 is 2.42 bits per heavy atom. The molecule has 1 N–H and O–H groups in total. The first-order chi connectivity index (χ1) is 14.7. The molecule has 3 amide bonds. The molecule has 1 aliphatic carbocycles. The van der Waals surface area contributed by atoms with Crippen LogP contribution in [0.1, 0.15) is 34.8 Å². The van der Waals surface area contributed by atoms with E-state index in [0.29, 0.717) is 43.9 Å². The van der Waals surface area contributed by atoms with Crippen LogP contribution in [0.4, 0.5) is 0 Å². The van der Waals surface area contributed by atoms with Gasteiger partial charge in [-0.25, -0.2) is 8.42 Å². The van der Waals surface area contributed by atoms with Crippen molar-refractivity contribution >= 4 is 27.6 Å². The Morgan fingerprint density at radius 1 is 1.10 bits per heavy atom. The fraction of sp³-hybridized carbons (Fsp3) is 0.571. The summed E-state index contributed by atoms with van der Waals surface area (Å²) in [7, 11) is -3.01. The van der Waals surface area contributed by atoms with E-state index in [1.165, 1.54) is 6.26 Å². The molecule has 0 aromatic heterocycles. The second-order valence-corrected chi connectivity index (χ2v) is 10.8. The highest BCUT2D eigenvalue weighted by molar-refractivity contribution is 7.90. The van der Waals surface area contributed by atoms with Gasteiger partial charge in [0.05, 0.1) is 12.3 Å². The summed E-state index contributed by atoms with van der Waals surface area (Å²) in [6.45, 7) is 2.55. The number of amides is 3. The van der Waals surface area contributed by atoms with Crippen molar-refractivity contribution in [3.8, 4) is 0 Å². The summed E-state index contributed by atoms with van der Waals surface area (Å²) in [6, 6.07) is 6.56. The van der Waals surface area contributed by atoms with Crippen LogP contribution in [0.2, 0.25) is 0 Å². The molecule has 3 aliphatic rings. The molecular formula is C21H28N4O5S. The lowest BCUT2D eigenvalue weighted by atomic mass is 10.0. The molecule has 2 aliphatic heterocycles. The van der Waals surface area contributed by atoms with Crippen LogP contribution in [0.15, 0.2) is 24.3 Å². The van der Waals surface area contributed by atoms with Crippen molar-refractivity contribution in [3.63, 3.8) is 0 Å². The van der Waals surface area contributed by atoms with Gasteiger partial charge in [0.25, 0.3) is 5.91 Å². The van der Waals surface area contributed by atoms with E-state index in [1.54, 1.807) is 28.0 Å². The van der Waals surface area contributed by atoms with Crippen molar-refractivity contribution in [3.05, 3.63) is 35.4 Å². The van der Waals surface area contributed by atoms with Gasteiger partial charge in [-0.2, -0.15) is 0 Å². The zero-order valence-electron chi connectivity index (χ0n) is 17.6. The van der Waals surface area contributed by atoms with Crippen LogP contribution in [0.25, 0.3) is 0 Å². The lowest BCUT2D eigenvalue weighted by molar-refractivity contribution is -0.135. The largest absolute Gasteiger partial charge is 0.345 e. The summed E-state index contributed by atoms with van der Waals surface area (Å²) in [5.74, 6) is -0.511. The molecule has 1 saturated carbocycles. The molecule has 0 bridgehead atoms. The average Bonchev–Trinajstić information content (AvgIpc) is 3.54. The highest BCUT2D eigenvalue weighted by Gasteiger charge is 2.47. The molecule has 168 valence electrons. The summed E-state index contributed by atoms with van der Waals surface area (Å²) >= 11 is 0. The Hall–Kier alpha value is -2.46. The lowest BCUT2D eigenvalue weighted by Gasteiger charge is -2.34. The number of rotatable bonds is 7. The first-order valence-electron chi connectivity index (χ1n) is 10.6. The fourth-order valence-corrected chi connectivity index (χ4v) is 4.81. The van der Waals surface area contributed by atoms with E-state index in [-0.39, 0.29) is 36.1 Å². The maximum absolute atomic E-state index is 13.0. The Morgan fingerprint density at radius 2 is 1.77 bits per heavy atom. The zero-order valence-corrected chi connectivity index (χ0v) is 18.4. The van der Waals surface area contributed by atoms with E-state index in [4.69, 9.17) is 0 Å². The van der Waals surface area contributed by atoms with Gasteiger partial charge in [-0.3, -0.25) is 19.3 Å². The van der Waals surface area contributed by atoms with Gasteiger partial charge in [0.15, 0.2) is 0 Å². The standard InChI is InChI=1S/C21H28N4O5S/c1-31(29,30)13-12-23-8-10-24(11-9-23)18(26)14-22-20(27)19-16-4-2-3-5-17(16)21(28)25(19)15-6-7-15/h2-5,15,19H,6-14H2,1H3,(H,22,27). The SMILES string of the molecule is CS(=O)(=O)CCN1CCN(C(=O)CNC(=O)C2c3ccccc3C(=O)N2C2CC2)CC1. The first-order valence-corrected chi connectivity index (χ1v) is 12.7. The van der Waals surface area contributed by atoms with Gasteiger partial charge < -0.3 is 15.1 Å². The average molecular weight is 449 g/mol. The van der Waals surface area contributed by atoms with Crippen LogP contribution in [0.3, 0.4) is 0 Å². The number of sulfone groups is 1. The highest BCUT2D eigenvalue weighted by Crippen LogP contribution is 2.41. The molecule has 9 nitrogen and oxygen atoms in total. The normalized spacial score (nSPS) is 21.8. The molecule has 0 spiro atoms. The second kappa shape index (κ2) is 8.58. The molecule has 1 unspecified atom stereocenters. The number of nitrogens with zero attached hydrogens (tertiary/aromatic N) is 3. The van der Waals surface area contributed by atoms with Crippen molar-refractivity contribution in [2.24, 2.45) is 0 Å². The maximum Gasteiger partial charge on any atom is 0.255 e. The Labute approximate surface area is 182 Å². The summed E-state index contributed by atoms with van der Waals surface area (Å²) in [6.07, 6.45) is 3.01. The number of benzene rings is 1. The van der Waals surface area contributed by atoms with Gasteiger partial charge in [0, 0.05) is 50.6 Å². The number of carbonyl (C=O) groups excluding carboxylic acids is 3. The fourth-order valence-electron chi connectivity index (χ4n) is 4.22. The number of piperazine rings is 1. The molecule has 1 aromatic rings. The van der Waals surface area contributed by atoms with Crippen LogP contribution < -0.4 is 5.32 Å². The van der Waals surface area contributed by atoms with Gasteiger partial charge >= 0.3 is 0 Å². The molecule has 2 heterocycles.